The molecule has 4 nitrogen and oxygen atoms in total. The largest absolute Gasteiger partial charge is 0.493 e. The van der Waals surface area contributed by atoms with Crippen molar-refractivity contribution in [2.45, 2.75) is 46.9 Å². The number of ether oxygens (including phenoxy) is 2. The summed E-state index contributed by atoms with van der Waals surface area (Å²) in [5.74, 6) is 0.353. The van der Waals surface area contributed by atoms with Crippen molar-refractivity contribution in [3.8, 4) is 11.5 Å². The van der Waals surface area contributed by atoms with E-state index in [-0.39, 0.29) is 12.6 Å². The van der Waals surface area contributed by atoms with E-state index in [0.29, 0.717) is 17.1 Å². The van der Waals surface area contributed by atoms with Gasteiger partial charge in [-0.15, -0.1) is 0 Å². The minimum absolute atomic E-state index is 0.000169. The van der Waals surface area contributed by atoms with Crippen LogP contribution in [0.1, 0.15) is 40.2 Å². The molecule has 0 aliphatic heterocycles. The number of carbonyl (C=O) groups excluding carboxylic acids is 1. The molecular formula is C20H28F3NO3. The molecule has 1 rings (SSSR count). The van der Waals surface area contributed by atoms with E-state index in [1.165, 1.54) is 13.2 Å². The molecule has 152 valence electrons. The summed E-state index contributed by atoms with van der Waals surface area (Å²) in [5.41, 5.74) is 0.174. The van der Waals surface area contributed by atoms with Crippen LogP contribution in [0.3, 0.4) is 0 Å². The molecule has 0 spiro atoms. The Labute approximate surface area is 158 Å². The van der Waals surface area contributed by atoms with E-state index in [1.807, 2.05) is 13.8 Å². The summed E-state index contributed by atoms with van der Waals surface area (Å²) in [6.07, 6.45) is -1.87. The SMILES string of the molecule is COc1cc(/C=C/C(=O)N(CC(C)(C)C)CC(F)(F)F)ccc1OC(C)C. The Kier molecular flexibility index (Phi) is 7.75. The van der Waals surface area contributed by atoms with Gasteiger partial charge in [0.15, 0.2) is 11.5 Å². The lowest BCUT2D eigenvalue weighted by Gasteiger charge is -2.29. The first kappa shape index (κ1) is 22.9. The van der Waals surface area contributed by atoms with E-state index in [1.54, 1.807) is 39.0 Å². The van der Waals surface area contributed by atoms with Gasteiger partial charge in [0.1, 0.15) is 6.54 Å². The average Bonchev–Trinajstić information content (AvgIpc) is 2.49. The zero-order chi connectivity index (χ0) is 20.8. The first-order chi connectivity index (χ1) is 12.3. The lowest BCUT2D eigenvalue weighted by Crippen LogP contribution is -2.42. The van der Waals surface area contributed by atoms with Crippen LogP contribution in [0.5, 0.6) is 11.5 Å². The van der Waals surface area contributed by atoms with Crippen LogP contribution in [-0.2, 0) is 4.79 Å². The monoisotopic (exact) mass is 387 g/mol. The van der Waals surface area contributed by atoms with Crippen molar-refractivity contribution < 1.29 is 27.4 Å². The van der Waals surface area contributed by atoms with Gasteiger partial charge >= 0.3 is 6.18 Å². The third-order valence-electron chi connectivity index (χ3n) is 3.32. The second-order valence-corrected chi connectivity index (χ2v) is 7.78. The molecule has 0 bridgehead atoms. The van der Waals surface area contributed by atoms with Crippen molar-refractivity contribution in [1.82, 2.24) is 4.90 Å². The van der Waals surface area contributed by atoms with Gasteiger partial charge in [-0.05, 0) is 43.0 Å². The molecule has 27 heavy (non-hydrogen) atoms. The fourth-order valence-corrected chi connectivity index (χ4v) is 2.41. The Morgan fingerprint density at radius 3 is 2.26 bits per heavy atom. The van der Waals surface area contributed by atoms with Crippen LogP contribution in [0.2, 0.25) is 0 Å². The Balaban J connectivity index is 2.98. The molecule has 0 radical (unpaired) electrons. The van der Waals surface area contributed by atoms with Crippen LogP contribution in [-0.4, -0.2) is 43.3 Å². The van der Waals surface area contributed by atoms with E-state index in [9.17, 15) is 18.0 Å². The molecule has 0 heterocycles. The second kappa shape index (κ2) is 9.15. The fourth-order valence-electron chi connectivity index (χ4n) is 2.41. The number of carbonyl (C=O) groups is 1. The zero-order valence-electron chi connectivity index (χ0n) is 16.7. The van der Waals surface area contributed by atoms with Gasteiger partial charge in [-0.3, -0.25) is 4.79 Å². The van der Waals surface area contributed by atoms with Crippen molar-refractivity contribution in [2.24, 2.45) is 5.41 Å². The van der Waals surface area contributed by atoms with Gasteiger partial charge < -0.3 is 14.4 Å². The van der Waals surface area contributed by atoms with E-state index >= 15 is 0 Å². The summed E-state index contributed by atoms with van der Waals surface area (Å²) in [7, 11) is 1.50. The summed E-state index contributed by atoms with van der Waals surface area (Å²) >= 11 is 0. The summed E-state index contributed by atoms with van der Waals surface area (Å²) < 4.78 is 49.3. The van der Waals surface area contributed by atoms with Crippen molar-refractivity contribution in [2.75, 3.05) is 20.2 Å². The van der Waals surface area contributed by atoms with Gasteiger partial charge in [-0.1, -0.05) is 26.8 Å². The number of methoxy groups -OCH3 is 1. The van der Waals surface area contributed by atoms with E-state index < -0.39 is 24.0 Å². The Hall–Kier alpha value is -2.18. The predicted octanol–water partition coefficient (Wildman–Crippen LogP) is 4.93. The Bertz CT molecular complexity index is 645. The molecule has 0 aliphatic carbocycles. The highest BCUT2D eigenvalue weighted by molar-refractivity contribution is 5.92. The van der Waals surface area contributed by atoms with Crippen molar-refractivity contribution in [3.05, 3.63) is 29.8 Å². The topological polar surface area (TPSA) is 38.8 Å². The lowest BCUT2D eigenvalue weighted by molar-refractivity contribution is -0.160. The summed E-state index contributed by atoms with van der Waals surface area (Å²) in [4.78, 5) is 13.1. The third-order valence-corrected chi connectivity index (χ3v) is 3.32. The lowest BCUT2D eigenvalue weighted by atomic mass is 9.96. The molecule has 0 N–H and O–H groups in total. The van der Waals surface area contributed by atoms with Crippen LogP contribution in [0.15, 0.2) is 24.3 Å². The number of nitrogens with zero attached hydrogens (tertiary/aromatic N) is 1. The second-order valence-electron chi connectivity index (χ2n) is 7.78. The molecule has 0 atom stereocenters. The van der Waals surface area contributed by atoms with Crippen LogP contribution in [0, 0.1) is 5.41 Å². The van der Waals surface area contributed by atoms with E-state index in [0.717, 1.165) is 11.0 Å². The smallest absolute Gasteiger partial charge is 0.406 e. The van der Waals surface area contributed by atoms with Crippen LogP contribution >= 0.6 is 0 Å². The Morgan fingerprint density at radius 2 is 1.78 bits per heavy atom. The number of amides is 1. The number of alkyl halides is 3. The molecule has 1 amide bonds. The minimum atomic E-state index is -4.45. The average molecular weight is 387 g/mol. The van der Waals surface area contributed by atoms with Crippen molar-refractivity contribution in [1.29, 1.82) is 0 Å². The molecule has 0 unspecified atom stereocenters. The maximum absolute atomic E-state index is 12.8. The molecule has 0 aromatic heterocycles. The number of halogens is 3. The summed E-state index contributed by atoms with van der Waals surface area (Å²) in [5, 5.41) is 0. The van der Waals surface area contributed by atoms with Crippen LogP contribution in [0.25, 0.3) is 6.08 Å². The van der Waals surface area contributed by atoms with Crippen molar-refractivity contribution >= 4 is 12.0 Å². The highest BCUT2D eigenvalue weighted by Gasteiger charge is 2.34. The molecule has 1 aromatic rings. The maximum atomic E-state index is 12.8. The van der Waals surface area contributed by atoms with Gasteiger partial charge in [0.2, 0.25) is 5.91 Å². The van der Waals surface area contributed by atoms with Crippen LogP contribution in [0.4, 0.5) is 13.2 Å². The molecule has 0 aliphatic rings. The normalized spacial score (nSPS) is 12.5. The van der Waals surface area contributed by atoms with Gasteiger partial charge in [0.05, 0.1) is 13.2 Å². The van der Waals surface area contributed by atoms with E-state index in [2.05, 4.69) is 0 Å². The van der Waals surface area contributed by atoms with Gasteiger partial charge in [0, 0.05) is 12.6 Å². The van der Waals surface area contributed by atoms with Gasteiger partial charge in [-0.2, -0.15) is 13.2 Å². The molecule has 0 saturated carbocycles. The molecule has 1 aromatic carbocycles. The van der Waals surface area contributed by atoms with Gasteiger partial charge in [-0.25, -0.2) is 0 Å². The predicted molar refractivity (Wildman–Crippen MR) is 99.9 cm³/mol. The Morgan fingerprint density at radius 1 is 1.15 bits per heavy atom. The number of hydrogen-bond acceptors (Lipinski definition) is 3. The number of hydrogen-bond donors (Lipinski definition) is 0. The molecule has 0 fully saturated rings. The van der Waals surface area contributed by atoms with Crippen molar-refractivity contribution in [3.63, 3.8) is 0 Å². The summed E-state index contributed by atoms with van der Waals surface area (Å²) in [6, 6.07) is 5.08. The number of rotatable bonds is 7. The molecule has 0 saturated heterocycles. The minimum Gasteiger partial charge on any atom is -0.493 e. The third kappa shape index (κ3) is 8.84. The van der Waals surface area contributed by atoms with Gasteiger partial charge in [0.25, 0.3) is 0 Å². The first-order valence-electron chi connectivity index (χ1n) is 8.69. The molecular weight excluding hydrogens is 359 g/mol. The summed E-state index contributed by atoms with van der Waals surface area (Å²) in [6.45, 7) is 7.84. The maximum Gasteiger partial charge on any atom is 0.406 e. The first-order valence-corrected chi connectivity index (χ1v) is 8.69. The standard InChI is InChI=1S/C20H28F3NO3/c1-14(2)27-16-9-7-15(11-17(16)26-6)8-10-18(25)24(12-19(3,4)5)13-20(21,22)23/h7-11,14H,12-13H2,1-6H3/b10-8+. The number of benzene rings is 1. The van der Waals surface area contributed by atoms with Crippen LogP contribution < -0.4 is 9.47 Å². The molecule has 7 heteroatoms. The quantitative estimate of drug-likeness (QED) is 0.623. The highest BCUT2D eigenvalue weighted by Crippen LogP contribution is 2.29. The zero-order valence-corrected chi connectivity index (χ0v) is 16.7. The van der Waals surface area contributed by atoms with E-state index in [4.69, 9.17) is 9.47 Å². The fraction of sp³-hybridized carbons (Fsp3) is 0.550. The highest BCUT2D eigenvalue weighted by atomic mass is 19.4.